The molecule has 178 valence electrons. The normalized spacial score (nSPS) is 15.5. The van der Waals surface area contributed by atoms with Crippen LogP contribution in [-0.2, 0) is 22.4 Å². The number of ether oxygens (including phenoxy) is 2. The summed E-state index contributed by atoms with van der Waals surface area (Å²) in [7, 11) is 1.75. The van der Waals surface area contributed by atoms with Gasteiger partial charge < -0.3 is 14.4 Å². The molecule has 0 amide bonds. The molecule has 2 heterocycles. The maximum atomic E-state index is 12.4. The van der Waals surface area contributed by atoms with Gasteiger partial charge in [-0.25, -0.2) is 9.97 Å². The van der Waals surface area contributed by atoms with Crippen LogP contribution in [0.5, 0.6) is 11.6 Å². The van der Waals surface area contributed by atoms with Crippen LogP contribution in [0, 0.1) is 0 Å². The molecule has 4 aromatic rings. The van der Waals surface area contributed by atoms with Crippen LogP contribution in [0.4, 0.5) is 5.69 Å². The van der Waals surface area contributed by atoms with Gasteiger partial charge in [0, 0.05) is 32.2 Å². The summed E-state index contributed by atoms with van der Waals surface area (Å²) in [6.07, 6.45) is 4.68. The summed E-state index contributed by atoms with van der Waals surface area (Å²) in [5, 5.41) is 0.862. The minimum absolute atomic E-state index is 0.188. The first kappa shape index (κ1) is 23.0. The van der Waals surface area contributed by atoms with Gasteiger partial charge in [0.2, 0.25) is 5.88 Å². The molecule has 0 radical (unpaired) electrons. The molecule has 3 aromatic carbocycles. The molecule has 5 rings (SSSR count). The molecular weight excluding hydrogens is 438 g/mol. The summed E-state index contributed by atoms with van der Waals surface area (Å²) in [4.78, 5) is 23.7. The summed E-state index contributed by atoms with van der Waals surface area (Å²) in [5.41, 5.74) is 3.99. The molecule has 6 nitrogen and oxygen atoms in total. The minimum atomic E-state index is 0.188. The smallest absolute Gasteiger partial charge is 0.230 e. The highest BCUT2D eigenvalue weighted by Crippen LogP contribution is 2.32. The van der Waals surface area contributed by atoms with Gasteiger partial charge in [0.1, 0.15) is 17.9 Å². The fraction of sp³-hybridized carbons (Fsp3) is 0.276. The second kappa shape index (κ2) is 10.7. The van der Waals surface area contributed by atoms with Gasteiger partial charge >= 0.3 is 0 Å². The van der Waals surface area contributed by atoms with Gasteiger partial charge in [-0.05, 0) is 54.3 Å². The van der Waals surface area contributed by atoms with Crippen molar-refractivity contribution in [3.05, 3.63) is 90.3 Å². The van der Waals surface area contributed by atoms with Gasteiger partial charge in [0.05, 0.1) is 23.6 Å². The maximum Gasteiger partial charge on any atom is 0.230 e. The molecule has 1 fully saturated rings. The monoisotopic (exact) mass is 467 g/mol. The fourth-order valence-corrected chi connectivity index (χ4v) is 4.72. The number of rotatable bonds is 9. The number of nitrogens with zero attached hydrogens (tertiary/aromatic N) is 3. The van der Waals surface area contributed by atoms with E-state index in [2.05, 4.69) is 27.0 Å². The Morgan fingerprint density at radius 3 is 2.51 bits per heavy atom. The van der Waals surface area contributed by atoms with Crippen molar-refractivity contribution in [2.45, 2.75) is 31.7 Å². The van der Waals surface area contributed by atoms with Crippen molar-refractivity contribution < 1.29 is 14.3 Å². The second-order valence-electron chi connectivity index (χ2n) is 8.95. The van der Waals surface area contributed by atoms with Gasteiger partial charge in [-0.3, -0.25) is 4.79 Å². The molecule has 1 aromatic heterocycles. The van der Waals surface area contributed by atoms with Crippen LogP contribution in [0.25, 0.3) is 10.9 Å². The van der Waals surface area contributed by atoms with E-state index in [9.17, 15) is 4.79 Å². The summed E-state index contributed by atoms with van der Waals surface area (Å²) in [5.74, 6) is 1.38. The Kier molecular flexibility index (Phi) is 7.00. The van der Waals surface area contributed by atoms with Crippen LogP contribution in [0.1, 0.15) is 24.0 Å². The second-order valence-corrected chi connectivity index (χ2v) is 8.95. The predicted octanol–water partition coefficient (Wildman–Crippen LogP) is 5.39. The van der Waals surface area contributed by atoms with E-state index in [4.69, 9.17) is 9.47 Å². The number of carbonyl (C=O) groups is 1. The van der Waals surface area contributed by atoms with Crippen molar-refractivity contribution in [2.24, 2.45) is 0 Å². The highest BCUT2D eigenvalue weighted by molar-refractivity contribution is 5.86. The standard InChI is InChI=1S/C29H29N3O3/c1-34-19-24-8-5-15-32(24)23-11-14-27-28(18-23)30-20-31-29(27)35-26-12-9-22(10-13-26)17-25(33)16-21-6-3-2-4-7-21/h2-4,6-7,9-14,18,20,24H,5,8,15-17,19H2,1H3/t24-/m0/s1. The lowest BCUT2D eigenvalue weighted by Crippen LogP contribution is -2.32. The van der Waals surface area contributed by atoms with Crippen LogP contribution < -0.4 is 9.64 Å². The summed E-state index contributed by atoms with van der Waals surface area (Å²) >= 11 is 0. The number of fused-ring (bicyclic) bond motifs is 1. The van der Waals surface area contributed by atoms with Crippen LogP contribution in [-0.4, -0.2) is 42.1 Å². The van der Waals surface area contributed by atoms with Crippen molar-refractivity contribution in [1.82, 2.24) is 9.97 Å². The van der Waals surface area contributed by atoms with Crippen LogP contribution in [0.15, 0.2) is 79.1 Å². The molecule has 6 heteroatoms. The summed E-state index contributed by atoms with van der Waals surface area (Å²) < 4.78 is 11.5. The quantitative estimate of drug-likeness (QED) is 0.329. The molecule has 1 saturated heterocycles. The Morgan fingerprint density at radius 2 is 1.74 bits per heavy atom. The molecule has 1 aliphatic rings. The Hall–Kier alpha value is -3.77. The van der Waals surface area contributed by atoms with E-state index in [0.29, 0.717) is 30.5 Å². The van der Waals surface area contributed by atoms with E-state index in [0.717, 1.165) is 53.7 Å². The van der Waals surface area contributed by atoms with Crippen LogP contribution in [0.2, 0.25) is 0 Å². The number of aromatic nitrogens is 2. The number of hydrogen-bond donors (Lipinski definition) is 0. The third kappa shape index (κ3) is 5.49. The van der Waals surface area contributed by atoms with Gasteiger partial charge in [-0.1, -0.05) is 42.5 Å². The Bertz CT molecular complexity index is 1290. The first-order valence-electron chi connectivity index (χ1n) is 12.0. The largest absolute Gasteiger partial charge is 0.438 e. The average molecular weight is 468 g/mol. The molecule has 0 unspecified atom stereocenters. The van der Waals surface area contributed by atoms with Crippen molar-refractivity contribution in [3.63, 3.8) is 0 Å². The minimum Gasteiger partial charge on any atom is -0.438 e. The lowest BCUT2D eigenvalue weighted by molar-refractivity contribution is -0.117. The lowest BCUT2D eigenvalue weighted by atomic mass is 10.0. The van der Waals surface area contributed by atoms with Crippen molar-refractivity contribution in [1.29, 1.82) is 0 Å². The number of Topliss-reactive ketones (excluding diaryl/α,β-unsaturated/α-hetero) is 1. The topological polar surface area (TPSA) is 64.6 Å². The average Bonchev–Trinajstić information content (AvgIpc) is 3.34. The zero-order valence-corrected chi connectivity index (χ0v) is 19.9. The van der Waals surface area contributed by atoms with Crippen LogP contribution in [0.3, 0.4) is 0 Å². The zero-order chi connectivity index (χ0) is 24.0. The molecule has 0 saturated carbocycles. The van der Waals surface area contributed by atoms with Gasteiger partial charge in [0.25, 0.3) is 0 Å². The Balaban J connectivity index is 1.27. The van der Waals surface area contributed by atoms with E-state index >= 15 is 0 Å². The molecule has 1 aliphatic heterocycles. The Labute approximate surface area is 205 Å². The van der Waals surface area contributed by atoms with E-state index < -0.39 is 0 Å². The summed E-state index contributed by atoms with van der Waals surface area (Å²) in [6.45, 7) is 1.75. The van der Waals surface area contributed by atoms with E-state index in [1.54, 1.807) is 7.11 Å². The van der Waals surface area contributed by atoms with Crippen LogP contribution >= 0.6 is 0 Å². The predicted molar refractivity (Wildman–Crippen MR) is 137 cm³/mol. The first-order valence-corrected chi connectivity index (χ1v) is 12.0. The van der Waals surface area contributed by atoms with Crippen molar-refractivity contribution in [3.8, 4) is 11.6 Å². The molecular formula is C29H29N3O3. The zero-order valence-electron chi connectivity index (χ0n) is 19.9. The first-order chi connectivity index (χ1) is 17.2. The number of methoxy groups -OCH3 is 1. The molecule has 0 N–H and O–H groups in total. The molecule has 1 atom stereocenters. The lowest BCUT2D eigenvalue weighted by Gasteiger charge is -2.26. The SMILES string of the molecule is COC[C@@H]1CCCN1c1ccc2c(Oc3ccc(CC(=O)Cc4ccccc4)cc3)ncnc2c1. The van der Waals surface area contributed by atoms with Gasteiger partial charge in [-0.2, -0.15) is 0 Å². The third-order valence-electron chi connectivity index (χ3n) is 6.43. The highest BCUT2D eigenvalue weighted by atomic mass is 16.5. The van der Waals surface area contributed by atoms with E-state index in [-0.39, 0.29) is 5.78 Å². The molecule has 0 bridgehead atoms. The number of hydrogen-bond acceptors (Lipinski definition) is 6. The number of carbonyl (C=O) groups excluding carboxylic acids is 1. The van der Waals surface area contributed by atoms with Crippen molar-refractivity contribution >= 4 is 22.4 Å². The van der Waals surface area contributed by atoms with E-state index in [1.807, 2.05) is 60.7 Å². The fourth-order valence-electron chi connectivity index (χ4n) is 4.72. The summed E-state index contributed by atoms with van der Waals surface area (Å²) in [6, 6.07) is 24.1. The van der Waals surface area contributed by atoms with Crippen molar-refractivity contribution in [2.75, 3.05) is 25.2 Å². The Morgan fingerprint density at radius 1 is 0.971 bits per heavy atom. The molecule has 35 heavy (non-hydrogen) atoms. The molecule has 0 aliphatic carbocycles. The van der Waals surface area contributed by atoms with Gasteiger partial charge in [-0.15, -0.1) is 0 Å². The number of ketones is 1. The number of anilines is 1. The maximum absolute atomic E-state index is 12.4. The molecule has 0 spiro atoms. The van der Waals surface area contributed by atoms with Gasteiger partial charge in [0.15, 0.2) is 0 Å². The van der Waals surface area contributed by atoms with E-state index in [1.165, 1.54) is 6.33 Å². The highest BCUT2D eigenvalue weighted by Gasteiger charge is 2.25. The number of benzene rings is 3. The third-order valence-corrected chi connectivity index (χ3v) is 6.43.